The van der Waals surface area contributed by atoms with Gasteiger partial charge in [-0.1, -0.05) is 48.9 Å². The second kappa shape index (κ2) is 8.08. The maximum atomic E-state index is 13.7. The van der Waals surface area contributed by atoms with E-state index in [0.29, 0.717) is 46.4 Å². The molecular weight excluding hydrogens is 420 g/mol. The smallest absolute Gasteiger partial charge is 0.270 e. The molecule has 0 aromatic heterocycles. The van der Waals surface area contributed by atoms with Crippen LogP contribution in [0.3, 0.4) is 0 Å². The predicted molar refractivity (Wildman–Crippen MR) is 121 cm³/mol. The Labute approximate surface area is 183 Å². The first-order chi connectivity index (χ1) is 14.3. The molecule has 2 aliphatic heterocycles. The van der Waals surface area contributed by atoms with Crippen molar-refractivity contribution in [1.29, 1.82) is 0 Å². The molecule has 0 atom stereocenters. The van der Waals surface area contributed by atoms with Crippen molar-refractivity contribution in [3.8, 4) is 0 Å². The zero-order chi connectivity index (χ0) is 21.5. The number of fused-ring (bicyclic) bond motifs is 1. The Morgan fingerprint density at radius 2 is 1.77 bits per heavy atom. The van der Waals surface area contributed by atoms with E-state index in [4.69, 9.17) is 11.6 Å². The highest BCUT2D eigenvalue weighted by molar-refractivity contribution is 7.97. The van der Waals surface area contributed by atoms with Crippen LogP contribution >= 0.6 is 11.6 Å². The Morgan fingerprint density at radius 3 is 2.40 bits per heavy atom. The van der Waals surface area contributed by atoms with Crippen molar-refractivity contribution in [2.75, 3.05) is 23.9 Å². The highest BCUT2D eigenvalue weighted by Crippen LogP contribution is 2.44. The molecule has 2 aromatic rings. The first kappa shape index (κ1) is 20.9. The summed E-state index contributed by atoms with van der Waals surface area (Å²) in [7, 11) is -4.02. The molecule has 2 aromatic carbocycles. The van der Waals surface area contributed by atoms with Crippen molar-refractivity contribution in [2.45, 2.75) is 26.7 Å². The van der Waals surface area contributed by atoms with Crippen LogP contribution < -0.4 is 4.31 Å². The number of piperidine rings is 1. The molecule has 1 fully saturated rings. The van der Waals surface area contributed by atoms with Crippen LogP contribution in [0.4, 0.5) is 5.69 Å². The van der Waals surface area contributed by atoms with E-state index in [9.17, 15) is 13.2 Å². The molecular formula is C23H25ClN2O3S. The number of halogens is 1. The van der Waals surface area contributed by atoms with Crippen molar-refractivity contribution in [3.63, 3.8) is 0 Å². The van der Waals surface area contributed by atoms with Crippen molar-refractivity contribution >= 4 is 38.8 Å². The lowest BCUT2D eigenvalue weighted by Crippen LogP contribution is -2.45. The van der Waals surface area contributed by atoms with Gasteiger partial charge in [0.05, 0.1) is 5.69 Å². The van der Waals surface area contributed by atoms with Gasteiger partial charge in [-0.15, -0.1) is 0 Å². The monoisotopic (exact) mass is 444 g/mol. The third-order valence-electron chi connectivity index (χ3n) is 5.89. The van der Waals surface area contributed by atoms with E-state index in [1.165, 1.54) is 4.31 Å². The third kappa shape index (κ3) is 3.52. The normalized spacial score (nSPS) is 19.0. The van der Waals surface area contributed by atoms with E-state index in [-0.39, 0.29) is 11.4 Å². The average Bonchev–Trinajstić information content (AvgIpc) is 2.73. The molecule has 7 heteroatoms. The number of benzene rings is 2. The summed E-state index contributed by atoms with van der Waals surface area (Å²) >= 11 is 6.30. The summed E-state index contributed by atoms with van der Waals surface area (Å²) < 4.78 is 28.7. The topological polar surface area (TPSA) is 57.7 Å². The molecule has 0 N–H and O–H groups in total. The predicted octanol–water partition coefficient (Wildman–Crippen LogP) is 4.53. The highest BCUT2D eigenvalue weighted by Gasteiger charge is 2.42. The molecule has 1 saturated heterocycles. The summed E-state index contributed by atoms with van der Waals surface area (Å²) in [6, 6.07) is 14.4. The van der Waals surface area contributed by atoms with Gasteiger partial charge in [-0.3, -0.25) is 9.10 Å². The van der Waals surface area contributed by atoms with Gasteiger partial charge in [-0.2, -0.15) is 0 Å². The van der Waals surface area contributed by atoms with Crippen molar-refractivity contribution in [3.05, 3.63) is 69.6 Å². The Bertz CT molecular complexity index is 1100. The average molecular weight is 445 g/mol. The van der Waals surface area contributed by atoms with E-state index in [1.807, 2.05) is 30.3 Å². The van der Waals surface area contributed by atoms with Gasteiger partial charge in [0.1, 0.15) is 0 Å². The summed E-state index contributed by atoms with van der Waals surface area (Å²) in [4.78, 5) is 15.2. The lowest BCUT2D eigenvalue weighted by molar-refractivity contribution is -0.127. The molecule has 0 bridgehead atoms. The highest BCUT2D eigenvalue weighted by atomic mass is 35.5. The van der Waals surface area contributed by atoms with Gasteiger partial charge in [0.25, 0.3) is 15.9 Å². The number of amides is 1. The molecule has 0 saturated carbocycles. The van der Waals surface area contributed by atoms with Gasteiger partial charge in [-0.25, -0.2) is 8.42 Å². The van der Waals surface area contributed by atoms with Crippen LogP contribution in [0.25, 0.3) is 5.57 Å². The van der Waals surface area contributed by atoms with Gasteiger partial charge in [0.15, 0.2) is 4.91 Å². The largest absolute Gasteiger partial charge is 0.338 e. The van der Waals surface area contributed by atoms with Crippen LogP contribution in [0.2, 0.25) is 5.02 Å². The summed E-state index contributed by atoms with van der Waals surface area (Å²) in [5, 5.41) is 0.496. The maximum absolute atomic E-state index is 13.7. The van der Waals surface area contributed by atoms with Gasteiger partial charge >= 0.3 is 0 Å². The number of hydrogen-bond donors (Lipinski definition) is 0. The Kier molecular flexibility index (Phi) is 5.64. The number of carbonyl (C=O) groups excluding carboxylic acids is 1. The summed E-state index contributed by atoms with van der Waals surface area (Å²) in [6.45, 7) is 5.29. The van der Waals surface area contributed by atoms with Gasteiger partial charge < -0.3 is 4.90 Å². The maximum Gasteiger partial charge on any atom is 0.270 e. The zero-order valence-electron chi connectivity index (χ0n) is 17.1. The lowest BCUT2D eigenvalue weighted by atomic mass is 9.94. The van der Waals surface area contributed by atoms with E-state index >= 15 is 0 Å². The Hall–Kier alpha value is -2.31. The molecule has 5 nitrogen and oxygen atoms in total. The van der Waals surface area contributed by atoms with Gasteiger partial charge in [-0.05, 0) is 49.4 Å². The zero-order valence-corrected chi connectivity index (χ0v) is 18.7. The molecule has 0 spiro atoms. The van der Waals surface area contributed by atoms with Crippen LogP contribution in [0.5, 0.6) is 0 Å². The molecule has 2 aliphatic rings. The number of likely N-dealkylation sites (tertiary alicyclic amines) is 1. The SMILES string of the molecule is CCN1c2ccc(Cl)cc2C(c2ccccc2)=C(C(=O)N2CCC(C)CC2)S1(=O)=O. The molecule has 158 valence electrons. The van der Waals surface area contributed by atoms with E-state index < -0.39 is 15.9 Å². The van der Waals surface area contributed by atoms with Crippen LogP contribution in [-0.2, 0) is 14.8 Å². The number of anilines is 1. The Morgan fingerprint density at radius 1 is 1.10 bits per heavy atom. The minimum absolute atomic E-state index is 0.153. The third-order valence-corrected chi connectivity index (χ3v) is 8.05. The summed E-state index contributed by atoms with van der Waals surface area (Å²) in [6.07, 6.45) is 1.75. The molecule has 0 unspecified atom stereocenters. The number of sulfonamides is 1. The fourth-order valence-electron chi connectivity index (χ4n) is 4.22. The van der Waals surface area contributed by atoms with Crippen molar-refractivity contribution in [1.82, 2.24) is 4.90 Å². The van der Waals surface area contributed by atoms with Crippen LogP contribution in [0.15, 0.2) is 53.4 Å². The molecule has 2 heterocycles. The second-order valence-corrected chi connectivity index (χ2v) is 10.1. The summed E-state index contributed by atoms with van der Waals surface area (Å²) in [5.74, 6) is 0.107. The van der Waals surface area contributed by atoms with E-state index in [1.54, 1.807) is 30.0 Å². The number of carbonyl (C=O) groups is 1. The molecule has 0 radical (unpaired) electrons. The summed E-state index contributed by atoms with van der Waals surface area (Å²) in [5.41, 5.74) is 2.33. The van der Waals surface area contributed by atoms with Crippen molar-refractivity contribution in [2.24, 2.45) is 5.92 Å². The molecule has 4 rings (SSSR count). The van der Waals surface area contributed by atoms with E-state index in [0.717, 1.165) is 12.8 Å². The standard InChI is InChI=1S/C23H25ClN2O3S/c1-3-26-20-10-9-18(24)15-19(20)21(17-7-5-4-6-8-17)22(30(26,28)29)23(27)25-13-11-16(2)12-14-25/h4-10,15-16H,3,11-14H2,1-2H3. The number of rotatable bonds is 3. The van der Waals surface area contributed by atoms with E-state index in [2.05, 4.69) is 6.92 Å². The van der Waals surface area contributed by atoms with Crippen LogP contribution in [-0.4, -0.2) is 38.9 Å². The Balaban J connectivity index is 2.00. The van der Waals surface area contributed by atoms with Crippen LogP contribution in [0, 0.1) is 5.92 Å². The van der Waals surface area contributed by atoms with Crippen molar-refractivity contribution < 1.29 is 13.2 Å². The number of nitrogens with zero attached hydrogens (tertiary/aromatic N) is 2. The van der Waals surface area contributed by atoms with Gasteiger partial charge in [0.2, 0.25) is 0 Å². The minimum atomic E-state index is -4.02. The fourth-order valence-corrected chi connectivity index (χ4v) is 6.21. The second-order valence-electron chi connectivity index (χ2n) is 7.88. The quantitative estimate of drug-likeness (QED) is 0.698. The number of hydrogen-bond acceptors (Lipinski definition) is 3. The van der Waals surface area contributed by atoms with Crippen LogP contribution in [0.1, 0.15) is 37.8 Å². The molecule has 0 aliphatic carbocycles. The first-order valence-electron chi connectivity index (χ1n) is 10.3. The van der Waals surface area contributed by atoms with Gasteiger partial charge in [0, 0.05) is 35.8 Å². The first-order valence-corrected chi connectivity index (χ1v) is 12.1. The minimum Gasteiger partial charge on any atom is -0.338 e. The molecule has 30 heavy (non-hydrogen) atoms. The molecule has 1 amide bonds. The fraction of sp³-hybridized carbons (Fsp3) is 0.348. The lowest BCUT2D eigenvalue weighted by Gasteiger charge is -2.36.